The van der Waals surface area contributed by atoms with Crippen molar-refractivity contribution in [3.8, 4) is 0 Å². The van der Waals surface area contributed by atoms with Crippen molar-refractivity contribution < 1.29 is 4.74 Å². The van der Waals surface area contributed by atoms with Gasteiger partial charge in [-0.2, -0.15) is 0 Å². The lowest BCUT2D eigenvalue weighted by Crippen LogP contribution is -2.46. The van der Waals surface area contributed by atoms with Crippen molar-refractivity contribution in [3.63, 3.8) is 0 Å². The van der Waals surface area contributed by atoms with Crippen molar-refractivity contribution in [1.29, 1.82) is 0 Å². The second-order valence-corrected chi connectivity index (χ2v) is 6.72. The van der Waals surface area contributed by atoms with E-state index in [1.165, 1.54) is 17.0 Å². The SMILES string of the molecule is Cc1cc2c(n1N1CCOCC1)CC(C)(C)CC2N. The lowest BCUT2D eigenvalue weighted by Gasteiger charge is -2.38. The van der Waals surface area contributed by atoms with E-state index >= 15 is 0 Å². The van der Waals surface area contributed by atoms with Crippen LogP contribution in [0.5, 0.6) is 0 Å². The van der Waals surface area contributed by atoms with Gasteiger partial charge < -0.3 is 15.5 Å². The highest BCUT2D eigenvalue weighted by molar-refractivity contribution is 5.35. The van der Waals surface area contributed by atoms with Crippen LogP contribution in [0, 0.1) is 12.3 Å². The van der Waals surface area contributed by atoms with Crippen molar-refractivity contribution in [3.05, 3.63) is 23.0 Å². The Kier molecular flexibility index (Phi) is 3.10. The Labute approximate surface area is 115 Å². The summed E-state index contributed by atoms with van der Waals surface area (Å²) in [4.78, 5) is 0. The maximum Gasteiger partial charge on any atom is 0.0658 e. The van der Waals surface area contributed by atoms with Crippen LogP contribution in [0.4, 0.5) is 0 Å². The molecule has 2 heterocycles. The molecule has 1 aliphatic carbocycles. The lowest BCUT2D eigenvalue weighted by molar-refractivity contribution is 0.110. The topological polar surface area (TPSA) is 43.4 Å². The van der Waals surface area contributed by atoms with E-state index in [4.69, 9.17) is 10.5 Å². The molecule has 1 aromatic heterocycles. The molecule has 0 spiro atoms. The van der Waals surface area contributed by atoms with Crippen LogP contribution >= 0.6 is 0 Å². The zero-order valence-electron chi connectivity index (χ0n) is 12.3. The molecule has 0 radical (unpaired) electrons. The van der Waals surface area contributed by atoms with Gasteiger partial charge in [0.25, 0.3) is 0 Å². The standard InChI is InChI=1S/C15H25N3O/c1-11-8-12-13(16)9-15(2,3)10-14(12)18(11)17-4-6-19-7-5-17/h8,13H,4-7,9-10,16H2,1-3H3. The number of morpholine rings is 1. The molecule has 3 rings (SSSR count). The Hall–Kier alpha value is -1.00. The summed E-state index contributed by atoms with van der Waals surface area (Å²) >= 11 is 0. The first kappa shape index (κ1) is 13.0. The van der Waals surface area contributed by atoms with Crippen molar-refractivity contribution in [1.82, 2.24) is 4.68 Å². The quantitative estimate of drug-likeness (QED) is 0.839. The third-order valence-electron chi connectivity index (χ3n) is 4.38. The molecule has 1 fully saturated rings. The number of aryl methyl sites for hydroxylation is 1. The highest BCUT2D eigenvalue weighted by Crippen LogP contribution is 2.40. The molecule has 0 amide bonds. The fourth-order valence-corrected chi connectivity index (χ4v) is 3.58. The first-order valence-corrected chi connectivity index (χ1v) is 7.28. The minimum Gasteiger partial charge on any atom is -0.378 e. The van der Waals surface area contributed by atoms with Crippen molar-refractivity contribution in [2.24, 2.45) is 11.1 Å². The second kappa shape index (κ2) is 4.53. The number of ether oxygens (including phenoxy) is 1. The van der Waals surface area contributed by atoms with Gasteiger partial charge in [0.05, 0.1) is 26.3 Å². The Morgan fingerprint density at radius 3 is 2.68 bits per heavy atom. The van der Waals surface area contributed by atoms with Gasteiger partial charge >= 0.3 is 0 Å². The van der Waals surface area contributed by atoms with E-state index in [2.05, 4.69) is 36.5 Å². The molecule has 2 N–H and O–H groups in total. The van der Waals surface area contributed by atoms with Gasteiger partial charge in [0.2, 0.25) is 0 Å². The zero-order chi connectivity index (χ0) is 13.6. The zero-order valence-corrected chi connectivity index (χ0v) is 12.3. The van der Waals surface area contributed by atoms with Crippen molar-refractivity contribution in [2.45, 2.75) is 39.7 Å². The molecule has 2 aliphatic rings. The Morgan fingerprint density at radius 1 is 1.32 bits per heavy atom. The normalized spacial score (nSPS) is 26.3. The van der Waals surface area contributed by atoms with E-state index in [1.807, 2.05) is 0 Å². The number of aromatic nitrogens is 1. The molecule has 0 saturated carbocycles. The molecule has 0 aromatic carbocycles. The van der Waals surface area contributed by atoms with Crippen LogP contribution in [-0.4, -0.2) is 31.0 Å². The summed E-state index contributed by atoms with van der Waals surface area (Å²) in [6.45, 7) is 10.4. The minimum absolute atomic E-state index is 0.180. The molecular weight excluding hydrogens is 238 g/mol. The van der Waals surface area contributed by atoms with Gasteiger partial charge in [-0.25, -0.2) is 0 Å². The molecule has 4 heteroatoms. The number of nitrogens with zero attached hydrogens (tertiary/aromatic N) is 2. The van der Waals surface area contributed by atoms with Gasteiger partial charge in [0.15, 0.2) is 0 Å². The summed E-state index contributed by atoms with van der Waals surface area (Å²) in [6.07, 6.45) is 2.19. The smallest absolute Gasteiger partial charge is 0.0658 e. The van der Waals surface area contributed by atoms with Crippen LogP contribution in [0.2, 0.25) is 0 Å². The summed E-state index contributed by atoms with van der Waals surface area (Å²) in [5.74, 6) is 0. The summed E-state index contributed by atoms with van der Waals surface area (Å²) in [6, 6.07) is 2.46. The Morgan fingerprint density at radius 2 is 2.00 bits per heavy atom. The number of nitrogens with two attached hydrogens (primary N) is 1. The van der Waals surface area contributed by atoms with Gasteiger partial charge in [-0.15, -0.1) is 0 Å². The maximum absolute atomic E-state index is 6.38. The van der Waals surface area contributed by atoms with Gasteiger partial charge in [0, 0.05) is 17.4 Å². The highest BCUT2D eigenvalue weighted by atomic mass is 16.5. The number of rotatable bonds is 1. The van der Waals surface area contributed by atoms with Gasteiger partial charge in [-0.1, -0.05) is 13.8 Å². The molecule has 1 unspecified atom stereocenters. The first-order valence-electron chi connectivity index (χ1n) is 7.28. The van der Waals surface area contributed by atoms with Crippen LogP contribution in [0.1, 0.15) is 43.3 Å². The van der Waals surface area contributed by atoms with Crippen LogP contribution in [0.15, 0.2) is 6.07 Å². The molecule has 1 atom stereocenters. The third kappa shape index (κ3) is 2.28. The van der Waals surface area contributed by atoms with E-state index < -0.39 is 0 Å². The van der Waals surface area contributed by atoms with E-state index in [9.17, 15) is 0 Å². The number of fused-ring (bicyclic) bond motifs is 1. The summed E-state index contributed by atoms with van der Waals surface area (Å²) < 4.78 is 7.87. The lowest BCUT2D eigenvalue weighted by atomic mass is 9.75. The predicted octanol–water partition coefficient (Wildman–Crippen LogP) is 1.74. The largest absolute Gasteiger partial charge is 0.378 e. The van der Waals surface area contributed by atoms with Crippen LogP contribution in [0.3, 0.4) is 0 Å². The molecular formula is C15H25N3O. The molecule has 1 saturated heterocycles. The number of hydrogen-bond donors (Lipinski definition) is 1. The van der Waals surface area contributed by atoms with Gasteiger partial charge in [-0.3, -0.25) is 4.68 Å². The highest BCUT2D eigenvalue weighted by Gasteiger charge is 2.34. The van der Waals surface area contributed by atoms with Crippen LogP contribution in [-0.2, 0) is 11.2 Å². The molecule has 1 aliphatic heterocycles. The average molecular weight is 263 g/mol. The molecule has 0 bridgehead atoms. The van der Waals surface area contributed by atoms with E-state index in [1.54, 1.807) is 0 Å². The minimum atomic E-state index is 0.180. The fourth-order valence-electron chi connectivity index (χ4n) is 3.58. The molecule has 4 nitrogen and oxygen atoms in total. The van der Waals surface area contributed by atoms with E-state index in [0.29, 0.717) is 5.41 Å². The van der Waals surface area contributed by atoms with Crippen LogP contribution in [0.25, 0.3) is 0 Å². The van der Waals surface area contributed by atoms with Crippen LogP contribution < -0.4 is 10.7 Å². The summed E-state index contributed by atoms with van der Waals surface area (Å²) in [5, 5.41) is 2.41. The molecule has 19 heavy (non-hydrogen) atoms. The Balaban J connectivity index is 2.01. The number of hydrogen-bond acceptors (Lipinski definition) is 3. The molecule has 106 valence electrons. The van der Waals surface area contributed by atoms with E-state index in [0.717, 1.165) is 39.1 Å². The monoisotopic (exact) mass is 263 g/mol. The third-order valence-corrected chi connectivity index (χ3v) is 4.38. The maximum atomic E-state index is 6.38. The Bertz CT molecular complexity index is 472. The van der Waals surface area contributed by atoms with Crippen molar-refractivity contribution >= 4 is 0 Å². The fraction of sp³-hybridized carbons (Fsp3) is 0.733. The van der Waals surface area contributed by atoms with Gasteiger partial charge in [-0.05, 0) is 36.8 Å². The second-order valence-electron chi connectivity index (χ2n) is 6.72. The predicted molar refractivity (Wildman–Crippen MR) is 77.0 cm³/mol. The average Bonchev–Trinajstić information content (AvgIpc) is 2.65. The van der Waals surface area contributed by atoms with E-state index in [-0.39, 0.29) is 6.04 Å². The summed E-state index contributed by atoms with van der Waals surface area (Å²) in [7, 11) is 0. The summed E-state index contributed by atoms with van der Waals surface area (Å²) in [5.41, 5.74) is 10.7. The molecule has 1 aromatic rings. The first-order chi connectivity index (χ1) is 8.98. The van der Waals surface area contributed by atoms with Gasteiger partial charge in [0.1, 0.15) is 0 Å². The van der Waals surface area contributed by atoms with Crippen molar-refractivity contribution in [2.75, 3.05) is 31.3 Å².